The van der Waals surface area contributed by atoms with Gasteiger partial charge in [0.2, 0.25) is 0 Å². The highest BCUT2D eigenvalue weighted by Crippen LogP contribution is 2.22. The minimum Gasteiger partial charge on any atom is -0.271 e. The zero-order valence-electron chi connectivity index (χ0n) is 11.1. The Kier molecular flexibility index (Phi) is 4.24. The quantitative estimate of drug-likeness (QED) is 0.636. The van der Waals surface area contributed by atoms with Gasteiger partial charge in [0.15, 0.2) is 0 Å². The van der Waals surface area contributed by atoms with E-state index in [0.29, 0.717) is 5.56 Å². The standard InChI is InChI=1S/C13H18FN5/c1-3-6-19-12(8-16-18-19)13(17-15)10-4-5-11(14)9(2)7-10/h4-5,7-8,13,17H,3,6,15H2,1-2H3. The first kappa shape index (κ1) is 13.6. The van der Waals surface area contributed by atoms with Crippen LogP contribution in [0.15, 0.2) is 24.4 Å². The van der Waals surface area contributed by atoms with Gasteiger partial charge in [-0.3, -0.25) is 5.84 Å². The van der Waals surface area contributed by atoms with E-state index < -0.39 is 0 Å². The summed E-state index contributed by atoms with van der Waals surface area (Å²) in [6.07, 6.45) is 2.63. The second-order valence-electron chi connectivity index (χ2n) is 4.49. The van der Waals surface area contributed by atoms with Crippen molar-refractivity contribution in [3.63, 3.8) is 0 Å². The summed E-state index contributed by atoms with van der Waals surface area (Å²) in [5.74, 6) is 5.41. The Hall–Kier alpha value is -1.79. The van der Waals surface area contributed by atoms with Gasteiger partial charge in [0.05, 0.1) is 17.9 Å². The normalized spacial score (nSPS) is 12.6. The van der Waals surface area contributed by atoms with Crippen molar-refractivity contribution >= 4 is 0 Å². The Bertz CT molecular complexity index is 552. The van der Waals surface area contributed by atoms with Crippen molar-refractivity contribution in [2.45, 2.75) is 32.9 Å². The smallest absolute Gasteiger partial charge is 0.126 e. The summed E-state index contributed by atoms with van der Waals surface area (Å²) in [6.45, 7) is 4.57. The third-order valence-corrected chi connectivity index (χ3v) is 3.06. The van der Waals surface area contributed by atoms with Gasteiger partial charge in [0, 0.05) is 6.54 Å². The topological polar surface area (TPSA) is 68.8 Å². The van der Waals surface area contributed by atoms with Crippen LogP contribution in [0.4, 0.5) is 4.39 Å². The number of hydrazine groups is 1. The van der Waals surface area contributed by atoms with Gasteiger partial charge >= 0.3 is 0 Å². The van der Waals surface area contributed by atoms with Crippen LogP contribution in [0.2, 0.25) is 0 Å². The van der Waals surface area contributed by atoms with Gasteiger partial charge in [0.25, 0.3) is 0 Å². The minimum atomic E-state index is -0.249. The molecule has 0 aliphatic carbocycles. The first-order valence-corrected chi connectivity index (χ1v) is 6.28. The summed E-state index contributed by atoms with van der Waals surface area (Å²) in [7, 11) is 0. The maximum absolute atomic E-state index is 13.3. The molecule has 19 heavy (non-hydrogen) atoms. The fraction of sp³-hybridized carbons (Fsp3) is 0.385. The third-order valence-electron chi connectivity index (χ3n) is 3.06. The molecule has 6 heteroatoms. The van der Waals surface area contributed by atoms with Crippen molar-refractivity contribution in [1.82, 2.24) is 20.4 Å². The molecule has 0 saturated carbocycles. The third kappa shape index (κ3) is 2.80. The highest BCUT2D eigenvalue weighted by molar-refractivity contribution is 5.31. The summed E-state index contributed by atoms with van der Waals surface area (Å²) in [4.78, 5) is 0. The number of rotatable bonds is 5. The second-order valence-corrected chi connectivity index (χ2v) is 4.49. The molecule has 0 bridgehead atoms. The Balaban J connectivity index is 2.38. The van der Waals surface area contributed by atoms with Crippen LogP contribution in [0.1, 0.15) is 36.2 Å². The maximum atomic E-state index is 13.3. The Morgan fingerprint density at radius 3 is 2.89 bits per heavy atom. The van der Waals surface area contributed by atoms with Gasteiger partial charge in [-0.15, -0.1) is 5.10 Å². The molecule has 0 fully saturated rings. The van der Waals surface area contributed by atoms with Crippen LogP contribution in [0.5, 0.6) is 0 Å². The Labute approximate surface area is 111 Å². The minimum absolute atomic E-state index is 0.222. The van der Waals surface area contributed by atoms with E-state index in [1.165, 1.54) is 6.07 Å². The molecule has 2 aromatic rings. The molecule has 0 spiro atoms. The molecular weight excluding hydrogens is 245 g/mol. The molecule has 1 heterocycles. The first-order chi connectivity index (χ1) is 9.17. The van der Waals surface area contributed by atoms with Crippen molar-refractivity contribution in [2.24, 2.45) is 5.84 Å². The van der Waals surface area contributed by atoms with Crippen molar-refractivity contribution < 1.29 is 4.39 Å². The monoisotopic (exact) mass is 263 g/mol. The molecule has 0 radical (unpaired) electrons. The average molecular weight is 263 g/mol. The fourth-order valence-corrected chi connectivity index (χ4v) is 2.07. The van der Waals surface area contributed by atoms with E-state index in [1.807, 2.05) is 4.68 Å². The molecule has 0 saturated heterocycles. The summed E-state index contributed by atoms with van der Waals surface area (Å²) in [5.41, 5.74) is 5.09. The average Bonchev–Trinajstić information content (AvgIpc) is 2.83. The summed E-state index contributed by atoms with van der Waals surface area (Å²) < 4.78 is 15.1. The molecule has 1 unspecified atom stereocenters. The number of hydrogen-bond donors (Lipinski definition) is 2. The molecule has 0 aliphatic rings. The fourth-order valence-electron chi connectivity index (χ4n) is 2.07. The number of nitrogens with one attached hydrogen (secondary N) is 1. The number of hydrogen-bond acceptors (Lipinski definition) is 4. The lowest BCUT2D eigenvalue weighted by atomic mass is 10.0. The maximum Gasteiger partial charge on any atom is 0.126 e. The molecule has 5 nitrogen and oxygen atoms in total. The molecule has 0 aliphatic heterocycles. The van der Waals surface area contributed by atoms with Crippen LogP contribution < -0.4 is 11.3 Å². The zero-order chi connectivity index (χ0) is 13.8. The van der Waals surface area contributed by atoms with E-state index in [9.17, 15) is 4.39 Å². The molecule has 102 valence electrons. The SMILES string of the molecule is CCCn1nncc1C(NN)c1ccc(F)c(C)c1. The largest absolute Gasteiger partial charge is 0.271 e. The molecule has 1 aromatic heterocycles. The predicted octanol–water partition coefficient (Wildman–Crippen LogP) is 1.69. The van der Waals surface area contributed by atoms with E-state index in [2.05, 4.69) is 22.7 Å². The predicted molar refractivity (Wildman–Crippen MR) is 70.6 cm³/mol. The van der Waals surface area contributed by atoms with Gasteiger partial charge in [0.1, 0.15) is 5.82 Å². The number of aryl methyl sites for hydroxylation is 2. The van der Waals surface area contributed by atoms with E-state index >= 15 is 0 Å². The Morgan fingerprint density at radius 1 is 1.47 bits per heavy atom. The van der Waals surface area contributed by atoms with Crippen LogP contribution in [0.25, 0.3) is 0 Å². The van der Waals surface area contributed by atoms with Crippen molar-refractivity contribution in [3.05, 3.63) is 47.0 Å². The highest BCUT2D eigenvalue weighted by atomic mass is 19.1. The number of nitrogens with two attached hydrogens (primary N) is 1. The molecule has 3 N–H and O–H groups in total. The number of nitrogens with zero attached hydrogens (tertiary/aromatic N) is 3. The van der Waals surface area contributed by atoms with Crippen LogP contribution in [-0.4, -0.2) is 15.0 Å². The summed E-state index contributed by atoms with van der Waals surface area (Å²) in [5, 5.41) is 7.96. The number of aromatic nitrogens is 3. The number of halogens is 1. The van der Waals surface area contributed by atoms with Crippen molar-refractivity contribution in [1.29, 1.82) is 0 Å². The van der Waals surface area contributed by atoms with Crippen molar-refractivity contribution in [2.75, 3.05) is 0 Å². The Morgan fingerprint density at radius 2 is 2.26 bits per heavy atom. The highest BCUT2D eigenvalue weighted by Gasteiger charge is 2.18. The van der Waals surface area contributed by atoms with Crippen molar-refractivity contribution in [3.8, 4) is 0 Å². The van der Waals surface area contributed by atoms with E-state index in [-0.39, 0.29) is 11.9 Å². The van der Waals surface area contributed by atoms with Gasteiger partial charge in [-0.05, 0) is 30.5 Å². The summed E-state index contributed by atoms with van der Waals surface area (Å²) in [6, 6.07) is 4.70. The molecule has 0 amide bonds. The lowest BCUT2D eigenvalue weighted by Crippen LogP contribution is -2.30. The van der Waals surface area contributed by atoms with Gasteiger partial charge in [-0.25, -0.2) is 14.5 Å². The van der Waals surface area contributed by atoms with E-state index in [0.717, 1.165) is 24.2 Å². The molecule has 1 atom stereocenters. The molecule has 2 rings (SSSR count). The lowest BCUT2D eigenvalue weighted by Gasteiger charge is -2.17. The zero-order valence-corrected chi connectivity index (χ0v) is 11.1. The van der Waals surface area contributed by atoms with Gasteiger partial charge < -0.3 is 0 Å². The van der Waals surface area contributed by atoms with Gasteiger partial charge in [-0.2, -0.15) is 0 Å². The van der Waals surface area contributed by atoms with Crippen LogP contribution in [0.3, 0.4) is 0 Å². The lowest BCUT2D eigenvalue weighted by molar-refractivity contribution is 0.511. The second kappa shape index (κ2) is 5.90. The van der Waals surface area contributed by atoms with Crippen LogP contribution >= 0.6 is 0 Å². The van der Waals surface area contributed by atoms with Crippen LogP contribution in [0, 0.1) is 12.7 Å². The number of benzene rings is 1. The van der Waals surface area contributed by atoms with Crippen LogP contribution in [-0.2, 0) is 6.54 Å². The first-order valence-electron chi connectivity index (χ1n) is 6.28. The van der Waals surface area contributed by atoms with E-state index in [1.54, 1.807) is 25.3 Å². The summed E-state index contributed by atoms with van der Waals surface area (Å²) >= 11 is 0. The van der Waals surface area contributed by atoms with E-state index in [4.69, 9.17) is 5.84 Å². The van der Waals surface area contributed by atoms with Gasteiger partial charge in [-0.1, -0.05) is 24.3 Å². The molecule has 1 aromatic carbocycles. The molecular formula is C13H18FN5.